The minimum absolute atomic E-state index is 0.00419. The van der Waals surface area contributed by atoms with Crippen molar-refractivity contribution in [1.82, 2.24) is 14.9 Å². The highest BCUT2D eigenvalue weighted by Crippen LogP contribution is 2.34. The fourth-order valence-electron chi connectivity index (χ4n) is 3.21. The number of thioether (sulfide) groups is 1. The summed E-state index contributed by atoms with van der Waals surface area (Å²) < 4.78 is 6.03. The van der Waals surface area contributed by atoms with E-state index in [0.29, 0.717) is 22.6 Å². The van der Waals surface area contributed by atoms with E-state index in [1.807, 2.05) is 29.2 Å². The molecule has 0 aliphatic heterocycles. The third kappa shape index (κ3) is 4.16. The number of hydrogen-bond acceptors (Lipinski definition) is 5. The van der Waals surface area contributed by atoms with E-state index in [0.717, 1.165) is 36.0 Å². The maximum atomic E-state index is 13.3. The molecule has 140 valence electrons. The van der Waals surface area contributed by atoms with Crippen LogP contribution in [0.4, 0.5) is 0 Å². The minimum atomic E-state index is 0.00419. The van der Waals surface area contributed by atoms with Gasteiger partial charge in [0.1, 0.15) is 5.58 Å². The summed E-state index contributed by atoms with van der Waals surface area (Å²) in [6.07, 6.45) is 6.85. The second-order valence-electron chi connectivity index (χ2n) is 6.92. The smallest absolute Gasteiger partial charge is 0.289 e. The maximum Gasteiger partial charge on any atom is 0.289 e. The zero-order valence-corrected chi connectivity index (χ0v) is 16.2. The molecule has 2 heterocycles. The van der Waals surface area contributed by atoms with Crippen LogP contribution in [0.2, 0.25) is 0 Å². The summed E-state index contributed by atoms with van der Waals surface area (Å²) in [5.41, 5.74) is 1.69. The van der Waals surface area contributed by atoms with Crippen LogP contribution < -0.4 is 0 Å². The second-order valence-corrected chi connectivity index (χ2v) is 7.86. The fraction of sp³-hybridized carbons (Fsp3) is 0.381. The largest absolute Gasteiger partial charge is 0.451 e. The quantitative estimate of drug-likeness (QED) is 0.415. The van der Waals surface area contributed by atoms with Gasteiger partial charge in [-0.05, 0) is 37.3 Å². The molecule has 1 amide bonds. The summed E-state index contributed by atoms with van der Waals surface area (Å²) in [6.45, 7) is 3.70. The van der Waals surface area contributed by atoms with Gasteiger partial charge in [0.25, 0.3) is 5.91 Å². The van der Waals surface area contributed by atoms with Gasteiger partial charge in [0.2, 0.25) is 0 Å². The monoisotopic (exact) mass is 381 g/mol. The lowest BCUT2D eigenvalue weighted by atomic mass is 10.1. The number of aromatic nitrogens is 2. The van der Waals surface area contributed by atoms with Crippen molar-refractivity contribution < 1.29 is 9.21 Å². The van der Waals surface area contributed by atoms with Gasteiger partial charge >= 0.3 is 0 Å². The highest BCUT2D eigenvalue weighted by Gasteiger charge is 2.30. The molecule has 27 heavy (non-hydrogen) atoms. The Hall–Kier alpha value is -2.34. The van der Waals surface area contributed by atoms with Crippen molar-refractivity contribution in [2.45, 2.75) is 37.1 Å². The average molecular weight is 382 g/mol. The number of para-hydroxylation sites is 1. The van der Waals surface area contributed by atoms with E-state index < -0.39 is 0 Å². The number of furan rings is 1. The molecule has 4 rings (SSSR count). The van der Waals surface area contributed by atoms with Crippen molar-refractivity contribution in [2.24, 2.45) is 5.92 Å². The Kier molecular flexibility index (Phi) is 5.43. The number of nitrogens with zero attached hydrogens (tertiary/aromatic N) is 3. The van der Waals surface area contributed by atoms with Crippen LogP contribution in [0.3, 0.4) is 0 Å². The summed E-state index contributed by atoms with van der Waals surface area (Å²) in [5, 5.41) is 1.69. The predicted molar refractivity (Wildman–Crippen MR) is 107 cm³/mol. The Balaban J connectivity index is 1.65. The summed E-state index contributed by atoms with van der Waals surface area (Å²) in [5.74, 6) is 1.73. The molecule has 6 heteroatoms. The molecule has 2 aromatic heterocycles. The zero-order valence-electron chi connectivity index (χ0n) is 15.4. The highest BCUT2D eigenvalue weighted by molar-refractivity contribution is 7.98. The van der Waals surface area contributed by atoms with Gasteiger partial charge in [0.05, 0.1) is 0 Å². The summed E-state index contributed by atoms with van der Waals surface area (Å²) in [6, 6.07) is 9.65. The maximum absolute atomic E-state index is 13.3. The molecule has 3 aromatic rings. The third-order valence-corrected chi connectivity index (χ3v) is 5.64. The van der Waals surface area contributed by atoms with Gasteiger partial charge in [0, 0.05) is 42.2 Å². The SMILES string of the molecule is CCCN(CC1CC1)C(=O)c1oc2ccccc2c1CSc1ncccn1. The fourth-order valence-corrected chi connectivity index (χ4v) is 4.04. The molecule has 0 atom stereocenters. The van der Waals surface area contributed by atoms with Gasteiger partial charge in [-0.3, -0.25) is 4.79 Å². The van der Waals surface area contributed by atoms with Crippen LogP contribution in [0.15, 0.2) is 52.3 Å². The first-order chi connectivity index (χ1) is 13.3. The molecule has 0 saturated heterocycles. The van der Waals surface area contributed by atoms with E-state index in [4.69, 9.17) is 4.42 Å². The van der Waals surface area contributed by atoms with Crippen molar-refractivity contribution in [3.8, 4) is 0 Å². The number of benzene rings is 1. The van der Waals surface area contributed by atoms with Gasteiger partial charge in [-0.2, -0.15) is 0 Å². The van der Waals surface area contributed by atoms with Gasteiger partial charge < -0.3 is 9.32 Å². The van der Waals surface area contributed by atoms with Crippen LogP contribution in [-0.4, -0.2) is 33.9 Å². The first-order valence-electron chi connectivity index (χ1n) is 9.45. The highest BCUT2D eigenvalue weighted by atomic mass is 32.2. The molecule has 1 saturated carbocycles. The van der Waals surface area contributed by atoms with Gasteiger partial charge in [0.15, 0.2) is 10.9 Å². The Bertz CT molecular complexity index is 922. The first-order valence-corrected chi connectivity index (χ1v) is 10.4. The molecule has 0 unspecified atom stereocenters. The number of amides is 1. The summed E-state index contributed by atoms with van der Waals surface area (Å²) in [7, 11) is 0. The van der Waals surface area contributed by atoms with Gasteiger partial charge in [-0.15, -0.1) is 0 Å². The van der Waals surface area contributed by atoms with Crippen LogP contribution in [0.5, 0.6) is 0 Å². The van der Waals surface area contributed by atoms with E-state index in [2.05, 4.69) is 16.9 Å². The number of rotatable bonds is 8. The number of hydrogen-bond donors (Lipinski definition) is 0. The van der Waals surface area contributed by atoms with Crippen molar-refractivity contribution in [1.29, 1.82) is 0 Å². The topological polar surface area (TPSA) is 59.2 Å². The lowest BCUT2D eigenvalue weighted by molar-refractivity contribution is 0.0717. The molecule has 1 fully saturated rings. The zero-order chi connectivity index (χ0) is 18.6. The molecular weight excluding hydrogens is 358 g/mol. The van der Waals surface area contributed by atoms with Gasteiger partial charge in [-0.1, -0.05) is 36.9 Å². The molecule has 0 spiro atoms. The molecular formula is C21H23N3O2S. The molecule has 0 bridgehead atoms. The van der Waals surface area contributed by atoms with Crippen molar-refractivity contribution in [3.63, 3.8) is 0 Å². The molecule has 1 aliphatic rings. The van der Waals surface area contributed by atoms with Crippen molar-refractivity contribution in [3.05, 3.63) is 54.0 Å². The number of carbonyl (C=O) groups excluding carboxylic acids is 1. The lowest BCUT2D eigenvalue weighted by Crippen LogP contribution is -2.33. The van der Waals surface area contributed by atoms with E-state index in [1.54, 1.807) is 18.5 Å². The molecule has 1 aliphatic carbocycles. The minimum Gasteiger partial charge on any atom is -0.451 e. The number of carbonyl (C=O) groups is 1. The first kappa shape index (κ1) is 18.0. The summed E-state index contributed by atoms with van der Waals surface area (Å²) >= 11 is 1.52. The Morgan fingerprint density at radius 3 is 2.74 bits per heavy atom. The Morgan fingerprint density at radius 1 is 1.22 bits per heavy atom. The van der Waals surface area contributed by atoms with Crippen molar-refractivity contribution >= 4 is 28.6 Å². The number of fused-ring (bicyclic) bond motifs is 1. The van der Waals surface area contributed by atoms with Crippen LogP contribution in [0, 0.1) is 5.92 Å². The average Bonchev–Trinajstić information content (AvgIpc) is 3.45. The molecule has 1 aromatic carbocycles. The molecule has 0 N–H and O–H groups in total. The second kappa shape index (κ2) is 8.13. The van der Waals surface area contributed by atoms with E-state index in [1.165, 1.54) is 24.6 Å². The predicted octanol–water partition coefficient (Wildman–Crippen LogP) is 4.78. The normalized spacial score (nSPS) is 13.8. The summed E-state index contributed by atoms with van der Waals surface area (Å²) in [4.78, 5) is 23.8. The van der Waals surface area contributed by atoms with E-state index >= 15 is 0 Å². The standard InChI is InChI=1S/C21H23N3O2S/c1-2-12-24(13-15-8-9-15)20(25)19-17(14-27-21-22-10-5-11-23-21)16-6-3-4-7-18(16)26-19/h3-7,10-11,15H,2,8-9,12-14H2,1H3. The van der Waals surface area contributed by atoms with Crippen LogP contribution in [-0.2, 0) is 5.75 Å². The molecule has 5 nitrogen and oxygen atoms in total. The van der Waals surface area contributed by atoms with E-state index in [-0.39, 0.29) is 5.91 Å². The lowest BCUT2D eigenvalue weighted by Gasteiger charge is -2.21. The van der Waals surface area contributed by atoms with E-state index in [9.17, 15) is 4.79 Å². The Morgan fingerprint density at radius 2 is 2.00 bits per heavy atom. The Labute approximate surface area is 163 Å². The van der Waals surface area contributed by atoms with Crippen LogP contribution in [0.25, 0.3) is 11.0 Å². The van der Waals surface area contributed by atoms with Crippen LogP contribution >= 0.6 is 11.8 Å². The molecule has 0 radical (unpaired) electrons. The van der Waals surface area contributed by atoms with Gasteiger partial charge in [-0.25, -0.2) is 9.97 Å². The third-order valence-electron chi connectivity index (χ3n) is 4.74. The van der Waals surface area contributed by atoms with Crippen molar-refractivity contribution in [2.75, 3.05) is 13.1 Å². The van der Waals surface area contributed by atoms with Crippen LogP contribution in [0.1, 0.15) is 42.3 Å².